The zero-order chi connectivity index (χ0) is 12.5. The van der Waals surface area contributed by atoms with Crippen LogP contribution in [0.5, 0.6) is 0 Å². The second-order valence-electron chi connectivity index (χ2n) is 3.36. The number of aromatic amines is 1. The monoisotopic (exact) mass is 252 g/mol. The molecule has 1 aromatic heterocycles. The Balaban J connectivity index is 2.09. The zero-order valence-electron chi connectivity index (χ0n) is 8.70. The number of tetrazole rings is 1. The number of nitrogens with zero attached hydrogens (tertiary/aromatic N) is 4. The van der Waals surface area contributed by atoms with Crippen LogP contribution in [0.4, 0.5) is 8.78 Å². The average molecular weight is 252 g/mol. The first-order valence-electron chi connectivity index (χ1n) is 4.83. The summed E-state index contributed by atoms with van der Waals surface area (Å²) in [6, 6.07) is 2.73. The second-order valence-corrected chi connectivity index (χ2v) is 3.36. The first-order valence-corrected chi connectivity index (χ1v) is 4.83. The molecule has 10 heteroatoms. The maximum Gasteiger partial charge on any atom is 0.182 e. The van der Waals surface area contributed by atoms with Crippen LogP contribution in [0.3, 0.4) is 0 Å². The van der Waals surface area contributed by atoms with Crippen molar-refractivity contribution < 1.29 is 8.78 Å². The Kier molecular flexibility index (Phi) is 2.34. The molecule has 1 aromatic carbocycles. The minimum atomic E-state index is -1.05. The second kappa shape index (κ2) is 4.00. The van der Waals surface area contributed by atoms with Gasteiger partial charge in [-0.05, 0) is 22.6 Å². The standard InChI is InChI=1S/C8H6F2N8/c9-5-3(7-11-15-16-12-7)1-2-4(6(5)10)8-13-17-18-14-8/h1-2,15-16H,(H,11,12)(H,13,14,17,18). The van der Waals surface area contributed by atoms with Crippen LogP contribution in [0.15, 0.2) is 17.2 Å². The van der Waals surface area contributed by atoms with Gasteiger partial charge >= 0.3 is 0 Å². The van der Waals surface area contributed by atoms with Crippen LogP contribution >= 0.6 is 0 Å². The maximum atomic E-state index is 13.9. The van der Waals surface area contributed by atoms with Crippen LogP contribution in [0.1, 0.15) is 5.56 Å². The van der Waals surface area contributed by atoms with Gasteiger partial charge in [0.25, 0.3) is 0 Å². The summed E-state index contributed by atoms with van der Waals surface area (Å²) in [4.78, 5) is 0. The van der Waals surface area contributed by atoms with Crippen LogP contribution in [0, 0.1) is 11.6 Å². The lowest BCUT2D eigenvalue weighted by atomic mass is 10.1. The molecule has 8 nitrogen and oxygen atoms in total. The number of benzene rings is 1. The van der Waals surface area contributed by atoms with Crippen LogP contribution in [-0.2, 0) is 0 Å². The Labute approximate surface area is 98.4 Å². The number of hydrogen-bond donors (Lipinski definition) is 4. The predicted octanol–water partition coefficient (Wildman–Crippen LogP) is -0.581. The molecule has 0 saturated carbocycles. The summed E-state index contributed by atoms with van der Waals surface area (Å²) >= 11 is 0. The van der Waals surface area contributed by atoms with Gasteiger partial charge in [-0.1, -0.05) is 0 Å². The maximum absolute atomic E-state index is 13.9. The van der Waals surface area contributed by atoms with Gasteiger partial charge in [-0.2, -0.15) is 0 Å². The smallest absolute Gasteiger partial charge is 0.182 e. The molecule has 1 aliphatic rings. The van der Waals surface area contributed by atoms with Crippen molar-refractivity contribution in [2.45, 2.75) is 0 Å². The molecule has 0 aliphatic carbocycles. The summed E-state index contributed by atoms with van der Waals surface area (Å²) in [5, 5.41) is 16.2. The molecule has 0 spiro atoms. The Hall–Kier alpha value is -2.62. The lowest BCUT2D eigenvalue weighted by molar-refractivity contribution is 0.508. The highest BCUT2D eigenvalue weighted by molar-refractivity contribution is 5.99. The minimum absolute atomic E-state index is 0.0128. The van der Waals surface area contributed by atoms with E-state index in [9.17, 15) is 8.78 Å². The van der Waals surface area contributed by atoms with Gasteiger partial charge in [0.1, 0.15) is 0 Å². The van der Waals surface area contributed by atoms with Gasteiger partial charge in [-0.15, -0.1) is 15.7 Å². The van der Waals surface area contributed by atoms with Crippen molar-refractivity contribution in [1.29, 1.82) is 0 Å². The van der Waals surface area contributed by atoms with Crippen molar-refractivity contribution in [3.05, 3.63) is 29.3 Å². The molecule has 0 atom stereocenters. The van der Waals surface area contributed by atoms with Crippen LogP contribution in [0.25, 0.3) is 11.4 Å². The molecule has 0 amide bonds. The quantitative estimate of drug-likeness (QED) is 0.570. The lowest BCUT2D eigenvalue weighted by Crippen LogP contribution is -2.35. The van der Waals surface area contributed by atoms with Crippen molar-refractivity contribution in [2.24, 2.45) is 5.10 Å². The van der Waals surface area contributed by atoms with E-state index >= 15 is 0 Å². The highest BCUT2D eigenvalue weighted by Crippen LogP contribution is 2.23. The minimum Gasteiger partial charge on any atom is -0.285 e. The molecule has 2 aromatic rings. The Morgan fingerprint density at radius 3 is 2.50 bits per heavy atom. The summed E-state index contributed by atoms with van der Waals surface area (Å²) in [5.41, 5.74) is 7.25. The van der Waals surface area contributed by atoms with Gasteiger partial charge in [0.05, 0.1) is 11.1 Å². The van der Waals surface area contributed by atoms with E-state index in [0.29, 0.717) is 0 Å². The van der Waals surface area contributed by atoms with E-state index in [4.69, 9.17) is 0 Å². The predicted molar refractivity (Wildman–Crippen MR) is 55.5 cm³/mol. The Morgan fingerprint density at radius 2 is 1.83 bits per heavy atom. The third kappa shape index (κ3) is 1.55. The topological polar surface area (TPSA) is 103 Å². The fraction of sp³-hybridized carbons (Fsp3) is 0. The molecule has 0 fully saturated rings. The van der Waals surface area contributed by atoms with Crippen molar-refractivity contribution in [3.8, 4) is 11.4 Å². The summed E-state index contributed by atoms with van der Waals surface area (Å²) in [7, 11) is 0. The highest BCUT2D eigenvalue weighted by Gasteiger charge is 2.21. The van der Waals surface area contributed by atoms with Crippen molar-refractivity contribution >= 4 is 5.84 Å². The number of aromatic nitrogens is 4. The first-order chi connectivity index (χ1) is 8.77. The van der Waals surface area contributed by atoms with Gasteiger partial charge in [-0.3, -0.25) is 5.43 Å². The number of H-pyrrole nitrogens is 1. The molecule has 4 N–H and O–H groups in total. The van der Waals surface area contributed by atoms with Crippen LogP contribution in [0.2, 0.25) is 0 Å². The SMILES string of the molecule is Fc1c(C2=NNNN2)ccc(-c2nnn[nH]2)c1F. The number of hydrazone groups is 1. The van der Waals surface area contributed by atoms with E-state index in [2.05, 4.69) is 42.2 Å². The normalized spacial score (nSPS) is 14.0. The number of rotatable bonds is 2. The molecule has 0 radical (unpaired) electrons. The van der Waals surface area contributed by atoms with Gasteiger partial charge in [0.2, 0.25) is 0 Å². The van der Waals surface area contributed by atoms with Crippen molar-refractivity contribution in [3.63, 3.8) is 0 Å². The van der Waals surface area contributed by atoms with E-state index in [1.807, 2.05) is 0 Å². The van der Waals surface area contributed by atoms with Gasteiger partial charge in [0, 0.05) is 0 Å². The average Bonchev–Trinajstić information content (AvgIpc) is 3.03. The molecule has 0 saturated heterocycles. The lowest BCUT2D eigenvalue weighted by Gasteiger charge is -2.05. The number of hydrazine groups is 2. The van der Waals surface area contributed by atoms with Crippen molar-refractivity contribution in [1.82, 2.24) is 37.1 Å². The van der Waals surface area contributed by atoms with E-state index in [1.54, 1.807) is 0 Å². The van der Waals surface area contributed by atoms with Crippen molar-refractivity contribution in [2.75, 3.05) is 0 Å². The molecule has 1 aliphatic heterocycles. The molecule has 2 heterocycles. The van der Waals surface area contributed by atoms with E-state index in [-0.39, 0.29) is 22.8 Å². The van der Waals surface area contributed by atoms with E-state index in [0.717, 1.165) is 0 Å². The fourth-order valence-electron chi connectivity index (χ4n) is 1.52. The number of hydrogen-bond acceptors (Lipinski definition) is 7. The summed E-state index contributed by atoms with van der Waals surface area (Å²) in [6.45, 7) is 0. The number of amidine groups is 1. The largest absolute Gasteiger partial charge is 0.285 e. The molecule has 92 valence electrons. The third-order valence-corrected chi connectivity index (χ3v) is 2.34. The fourth-order valence-corrected chi connectivity index (χ4v) is 1.52. The van der Waals surface area contributed by atoms with Gasteiger partial charge < -0.3 is 0 Å². The molecule has 0 bridgehead atoms. The molecule has 3 rings (SSSR count). The number of nitrogens with one attached hydrogen (secondary N) is 4. The Morgan fingerprint density at radius 1 is 1.06 bits per heavy atom. The molecule has 18 heavy (non-hydrogen) atoms. The highest BCUT2D eigenvalue weighted by atomic mass is 19.2. The van der Waals surface area contributed by atoms with Gasteiger partial charge in [0.15, 0.2) is 23.3 Å². The van der Waals surface area contributed by atoms with Crippen LogP contribution in [-0.4, -0.2) is 26.5 Å². The summed E-state index contributed by atoms with van der Waals surface area (Å²) < 4.78 is 27.7. The summed E-state index contributed by atoms with van der Waals surface area (Å²) in [5.74, 6) is -1.90. The summed E-state index contributed by atoms with van der Waals surface area (Å²) in [6.07, 6.45) is 0. The third-order valence-electron chi connectivity index (χ3n) is 2.34. The Bertz CT molecular complexity index is 608. The number of halogens is 2. The molecule has 0 unspecified atom stereocenters. The zero-order valence-corrected chi connectivity index (χ0v) is 8.70. The molecular weight excluding hydrogens is 246 g/mol. The van der Waals surface area contributed by atoms with Crippen LogP contribution < -0.4 is 16.5 Å². The van der Waals surface area contributed by atoms with E-state index < -0.39 is 11.6 Å². The van der Waals surface area contributed by atoms with Gasteiger partial charge in [-0.25, -0.2) is 19.4 Å². The first kappa shape index (κ1) is 10.5. The molecular formula is C8H6F2N8. The van der Waals surface area contributed by atoms with E-state index in [1.165, 1.54) is 12.1 Å².